The van der Waals surface area contributed by atoms with E-state index >= 15 is 0 Å². The van der Waals surface area contributed by atoms with Crippen LogP contribution in [0.15, 0.2) is 22.5 Å². The van der Waals surface area contributed by atoms with Gasteiger partial charge in [-0.2, -0.15) is 0 Å². The summed E-state index contributed by atoms with van der Waals surface area (Å²) < 4.78 is 5.65. The van der Waals surface area contributed by atoms with Crippen molar-refractivity contribution in [3.8, 4) is 0 Å². The average Bonchev–Trinajstić information content (AvgIpc) is 3.13. The summed E-state index contributed by atoms with van der Waals surface area (Å²) in [6.07, 6.45) is 3.41. The Morgan fingerprint density at radius 3 is 2.80 bits per heavy atom. The third kappa shape index (κ3) is 7.65. The van der Waals surface area contributed by atoms with Crippen molar-refractivity contribution in [1.82, 2.24) is 10.6 Å². The van der Waals surface area contributed by atoms with Crippen LogP contribution >= 0.6 is 11.3 Å². The van der Waals surface area contributed by atoms with E-state index in [0.29, 0.717) is 25.1 Å². The lowest BCUT2D eigenvalue weighted by Gasteiger charge is -2.33. The second-order valence-electron chi connectivity index (χ2n) is 6.91. The molecule has 2 rings (SSSR count). The normalized spacial score (nSPS) is 16.5. The van der Waals surface area contributed by atoms with Crippen molar-refractivity contribution < 1.29 is 4.74 Å². The summed E-state index contributed by atoms with van der Waals surface area (Å²) in [5.41, 5.74) is 0. The highest BCUT2D eigenvalue weighted by Crippen LogP contribution is 2.24. The number of thiophene rings is 1. The number of rotatable bonds is 9. The Bertz CT molecular complexity index is 482. The minimum atomic E-state index is 0.496. The molecular weight excluding hydrogens is 332 g/mol. The number of aliphatic imine (C=N–C) groups is 1. The van der Waals surface area contributed by atoms with Crippen molar-refractivity contribution in [2.45, 2.75) is 46.1 Å². The van der Waals surface area contributed by atoms with Gasteiger partial charge in [0.25, 0.3) is 0 Å². The van der Waals surface area contributed by atoms with Gasteiger partial charge in [0.15, 0.2) is 5.96 Å². The maximum atomic E-state index is 5.65. The largest absolute Gasteiger partial charge is 0.380 e. The standard InChI is InChI=1S/C19H34N4OS/c1-4-20-19(21-10-14-24-13-9-16(2)3)22-17-7-11-23(12-8-17)18-6-5-15-25-18/h5-6,15-17H,4,7-14H2,1-3H3,(H2,20,21,22). The molecule has 1 aromatic heterocycles. The summed E-state index contributed by atoms with van der Waals surface area (Å²) in [6.45, 7) is 11.9. The van der Waals surface area contributed by atoms with E-state index in [0.717, 1.165) is 51.5 Å². The van der Waals surface area contributed by atoms with Crippen LogP contribution in [0.1, 0.15) is 40.0 Å². The van der Waals surface area contributed by atoms with Crippen LogP contribution in [0.5, 0.6) is 0 Å². The Balaban J connectivity index is 1.69. The number of anilines is 1. The SMILES string of the molecule is CCNC(=NCCOCCC(C)C)NC1CCN(c2cccs2)CC1. The molecular formula is C19H34N4OS. The van der Waals surface area contributed by atoms with Gasteiger partial charge in [-0.1, -0.05) is 13.8 Å². The second-order valence-corrected chi connectivity index (χ2v) is 7.84. The van der Waals surface area contributed by atoms with Gasteiger partial charge in [-0.05, 0) is 49.6 Å². The number of hydrogen-bond donors (Lipinski definition) is 2. The molecule has 0 radical (unpaired) electrons. The fourth-order valence-corrected chi connectivity index (χ4v) is 3.64. The van der Waals surface area contributed by atoms with Crippen LogP contribution < -0.4 is 15.5 Å². The van der Waals surface area contributed by atoms with E-state index in [4.69, 9.17) is 4.74 Å². The van der Waals surface area contributed by atoms with Crippen LogP contribution in [-0.4, -0.2) is 51.4 Å². The molecule has 1 saturated heterocycles. The first-order valence-corrected chi connectivity index (χ1v) is 10.5. The average molecular weight is 367 g/mol. The molecule has 1 aliphatic heterocycles. The molecule has 6 heteroatoms. The first-order chi connectivity index (χ1) is 12.2. The Morgan fingerprint density at radius 2 is 2.16 bits per heavy atom. The fraction of sp³-hybridized carbons (Fsp3) is 0.737. The smallest absolute Gasteiger partial charge is 0.191 e. The molecule has 0 aliphatic carbocycles. The Morgan fingerprint density at radius 1 is 1.36 bits per heavy atom. The van der Waals surface area contributed by atoms with Gasteiger partial charge in [0.05, 0.1) is 18.2 Å². The van der Waals surface area contributed by atoms with E-state index in [2.05, 4.69) is 58.8 Å². The lowest BCUT2D eigenvalue weighted by molar-refractivity contribution is 0.130. The fourth-order valence-electron chi connectivity index (χ4n) is 2.85. The minimum Gasteiger partial charge on any atom is -0.380 e. The van der Waals surface area contributed by atoms with Crippen molar-refractivity contribution in [3.05, 3.63) is 17.5 Å². The highest BCUT2D eigenvalue weighted by Gasteiger charge is 2.20. The molecule has 0 unspecified atom stereocenters. The van der Waals surface area contributed by atoms with Gasteiger partial charge in [-0.15, -0.1) is 11.3 Å². The second kappa shape index (κ2) is 11.4. The number of nitrogens with zero attached hydrogens (tertiary/aromatic N) is 2. The van der Waals surface area contributed by atoms with E-state index in [9.17, 15) is 0 Å². The highest BCUT2D eigenvalue weighted by atomic mass is 32.1. The summed E-state index contributed by atoms with van der Waals surface area (Å²) in [7, 11) is 0. The molecule has 1 fully saturated rings. The van der Waals surface area contributed by atoms with Crippen molar-refractivity contribution in [2.24, 2.45) is 10.9 Å². The van der Waals surface area contributed by atoms with E-state index in [1.807, 2.05) is 11.3 Å². The van der Waals surface area contributed by atoms with Gasteiger partial charge >= 0.3 is 0 Å². The predicted molar refractivity (Wildman–Crippen MR) is 109 cm³/mol. The molecule has 0 saturated carbocycles. The number of nitrogens with one attached hydrogen (secondary N) is 2. The zero-order chi connectivity index (χ0) is 17.9. The monoisotopic (exact) mass is 366 g/mol. The van der Waals surface area contributed by atoms with Crippen LogP contribution in [0.4, 0.5) is 5.00 Å². The number of piperidine rings is 1. The van der Waals surface area contributed by atoms with Crippen LogP contribution in [0.3, 0.4) is 0 Å². The Labute approximate surface area is 156 Å². The molecule has 0 amide bonds. The Kier molecular flexibility index (Phi) is 9.11. The van der Waals surface area contributed by atoms with Crippen molar-refractivity contribution in [3.63, 3.8) is 0 Å². The summed E-state index contributed by atoms with van der Waals surface area (Å²) in [5.74, 6) is 1.62. The topological polar surface area (TPSA) is 48.9 Å². The zero-order valence-electron chi connectivity index (χ0n) is 16.0. The molecule has 0 atom stereocenters. The number of ether oxygens (including phenoxy) is 1. The molecule has 2 N–H and O–H groups in total. The summed E-state index contributed by atoms with van der Waals surface area (Å²) in [4.78, 5) is 7.13. The molecule has 5 nitrogen and oxygen atoms in total. The van der Waals surface area contributed by atoms with Gasteiger partial charge in [-0.25, -0.2) is 0 Å². The van der Waals surface area contributed by atoms with Crippen LogP contribution in [0.25, 0.3) is 0 Å². The molecule has 1 aromatic rings. The highest BCUT2D eigenvalue weighted by molar-refractivity contribution is 7.14. The Hall–Kier alpha value is -1.27. The third-order valence-corrected chi connectivity index (χ3v) is 5.27. The lowest BCUT2D eigenvalue weighted by Crippen LogP contribution is -2.48. The van der Waals surface area contributed by atoms with Gasteiger partial charge in [-0.3, -0.25) is 4.99 Å². The molecule has 25 heavy (non-hydrogen) atoms. The first kappa shape index (κ1) is 20.0. The summed E-state index contributed by atoms with van der Waals surface area (Å²) >= 11 is 1.83. The molecule has 1 aliphatic rings. The van der Waals surface area contributed by atoms with E-state index < -0.39 is 0 Å². The molecule has 142 valence electrons. The first-order valence-electron chi connectivity index (χ1n) is 9.60. The van der Waals surface area contributed by atoms with Gasteiger partial charge in [0.1, 0.15) is 0 Å². The van der Waals surface area contributed by atoms with E-state index in [1.165, 1.54) is 5.00 Å². The van der Waals surface area contributed by atoms with Crippen LogP contribution in [0, 0.1) is 5.92 Å². The molecule has 0 aromatic carbocycles. The zero-order valence-corrected chi connectivity index (χ0v) is 16.8. The quantitative estimate of drug-likeness (QED) is 0.400. The molecule has 0 spiro atoms. The van der Waals surface area contributed by atoms with Crippen molar-refractivity contribution >= 4 is 22.3 Å². The molecule has 0 bridgehead atoms. The van der Waals surface area contributed by atoms with Gasteiger partial charge in [0.2, 0.25) is 0 Å². The minimum absolute atomic E-state index is 0.496. The van der Waals surface area contributed by atoms with Gasteiger partial charge < -0.3 is 20.3 Å². The third-order valence-electron chi connectivity index (χ3n) is 4.34. The van der Waals surface area contributed by atoms with Crippen LogP contribution in [0.2, 0.25) is 0 Å². The maximum absolute atomic E-state index is 5.65. The van der Waals surface area contributed by atoms with Gasteiger partial charge in [0, 0.05) is 32.3 Å². The lowest BCUT2D eigenvalue weighted by atomic mass is 10.1. The summed E-state index contributed by atoms with van der Waals surface area (Å²) in [5, 5.41) is 10.5. The molecule has 2 heterocycles. The van der Waals surface area contributed by atoms with Crippen LogP contribution in [-0.2, 0) is 4.74 Å². The maximum Gasteiger partial charge on any atom is 0.191 e. The summed E-state index contributed by atoms with van der Waals surface area (Å²) in [6, 6.07) is 4.84. The predicted octanol–water partition coefficient (Wildman–Crippen LogP) is 3.33. The number of hydrogen-bond acceptors (Lipinski definition) is 4. The number of guanidine groups is 1. The van der Waals surface area contributed by atoms with E-state index in [-0.39, 0.29) is 0 Å². The van der Waals surface area contributed by atoms with Crippen molar-refractivity contribution in [1.29, 1.82) is 0 Å². The van der Waals surface area contributed by atoms with Crippen molar-refractivity contribution in [2.75, 3.05) is 44.3 Å². The van der Waals surface area contributed by atoms with E-state index in [1.54, 1.807) is 0 Å².